The van der Waals surface area contributed by atoms with Crippen molar-refractivity contribution >= 4 is 21.4 Å². The van der Waals surface area contributed by atoms with Gasteiger partial charge < -0.3 is 9.88 Å². The maximum Gasteiger partial charge on any atom is 0.242 e. The molecule has 0 spiro atoms. The average molecular weight is 314 g/mol. The van der Waals surface area contributed by atoms with Gasteiger partial charge in [0.05, 0.1) is 16.1 Å². The molecule has 8 heteroatoms. The third kappa shape index (κ3) is 3.26. The summed E-state index contributed by atoms with van der Waals surface area (Å²) in [5.74, 6) is 0. The van der Waals surface area contributed by atoms with Crippen molar-refractivity contribution in [1.29, 1.82) is 0 Å². The van der Waals surface area contributed by atoms with Crippen LogP contribution in [0.1, 0.15) is 16.3 Å². The lowest BCUT2D eigenvalue weighted by atomic mass is 10.4. The molecular weight excluding hydrogens is 296 g/mol. The van der Waals surface area contributed by atoms with Gasteiger partial charge in [-0.3, -0.25) is 0 Å². The highest BCUT2D eigenvalue weighted by molar-refractivity contribution is 7.89. The zero-order valence-electron chi connectivity index (χ0n) is 11.7. The van der Waals surface area contributed by atoms with E-state index >= 15 is 0 Å². The summed E-state index contributed by atoms with van der Waals surface area (Å²) in [5, 5.41) is 3.01. The lowest BCUT2D eigenvalue weighted by Gasteiger charge is -2.03. The van der Waals surface area contributed by atoms with E-state index < -0.39 is 10.0 Å². The Bertz CT molecular complexity index is 688. The summed E-state index contributed by atoms with van der Waals surface area (Å²) in [7, 11) is 0.165. The number of hydrogen-bond acceptors (Lipinski definition) is 5. The largest absolute Gasteiger partial charge is 0.352 e. The molecule has 2 aromatic heterocycles. The Hall–Kier alpha value is -1.22. The first-order valence-electron chi connectivity index (χ1n) is 6.12. The Morgan fingerprint density at radius 3 is 2.75 bits per heavy atom. The Morgan fingerprint density at radius 1 is 1.40 bits per heavy atom. The molecule has 0 aliphatic carbocycles. The van der Waals surface area contributed by atoms with Gasteiger partial charge in [0, 0.05) is 36.9 Å². The summed E-state index contributed by atoms with van der Waals surface area (Å²) in [6.45, 7) is 2.77. The number of nitrogens with zero attached hydrogens (tertiary/aromatic N) is 2. The molecule has 2 heterocycles. The molecule has 0 atom stereocenters. The first-order valence-corrected chi connectivity index (χ1v) is 8.49. The highest BCUT2D eigenvalue weighted by Gasteiger charge is 2.17. The zero-order valence-corrected chi connectivity index (χ0v) is 13.3. The molecule has 2 N–H and O–H groups in total. The summed E-state index contributed by atoms with van der Waals surface area (Å²) in [6.07, 6.45) is 1.62. The molecule has 0 unspecified atom stereocenters. The van der Waals surface area contributed by atoms with E-state index in [4.69, 9.17) is 0 Å². The van der Waals surface area contributed by atoms with Gasteiger partial charge in [-0.25, -0.2) is 18.1 Å². The van der Waals surface area contributed by atoms with Gasteiger partial charge in [-0.15, -0.1) is 11.3 Å². The van der Waals surface area contributed by atoms with Crippen molar-refractivity contribution in [2.24, 2.45) is 7.05 Å². The van der Waals surface area contributed by atoms with Crippen LogP contribution in [-0.4, -0.2) is 25.0 Å². The molecule has 0 fully saturated rings. The average Bonchev–Trinajstić information content (AvgIpc) is 2.95. The van der Waals surface area contributed by atoms with E-state index in [9.17, 15) is 8.42 Å². The van der Waals surface area contributed by atoms with Crippen molar-refractivity contribution in [2.45, 2.75) is 24.9 Å². The molecule has 0 aromatic carbocycles. The van der Waals surface area contributed by atoms with Crippen molar-refractivity contribution in [3.05, 3.63) is 34.0 Å². The SMILES string of the molecule is CNCc1cc(S(=O)(=O)NCc2scnc2C)cn1C. The van der Waals surface area contributed by atoms with Gasteiger partial charge in [0.2, 0.25) is 10.0 Å². The van der Waals surface area contributed by atoms with E-state index in [1.54, 1.807) is 17.8 Å². The minimum Gasteiger partial charge on any atom is -0.352 e. The molecule has 0 saturated carbocycles. The maximum absolute atomic E-state index is 12.2. The first-order chi connectivity index (χ1) is 9.44. The molecule has 2 rings (SSSR count). The van der Waals surface area contributed by atoms with Crippen LogP contribution in [0, 0.1) is 6.92 Å². The van der Waals surface area contributed by atoms with E-state index in [0.29, 0.717) is 6.54 Å². The van der Waals surface area contributed by atoms with Gasteiger partial charge in [0.1, 0.15) is 0 Å². The second kappa shape index (κ2) is 6.04. The van der Waals surface area contributed by atoms with Crippen molar-refractivity contribution < 1.29 is 8.42 Å². The monoisotopic (exact) mass is 314 g/mol. The summed E-state index contributed by atoms with van der Waals surface area (Å²) < 4.78 is 28.9. The van der Waals surface area contributed by atoms with Crippen molar-refractivity contribution in [2.75, 3.05) is 7.05 Å². The maximum atomic E-state index is 12.2. The Kier molecular flexibility index (Phi) is 4.59. The number of rotatable bonds is 6. The molecule has 6 nitrogen and oxygen atoms in total. The fourth-order valence-corrected chi connectivity index (χ4v) is 3.72. The molecule has 0 aliphatic heterocycles. The van der Waals surface area contributed by atoms with Gasteiger partial charge in [-0.2, -0.15) is 0 Å². The van der Waals surface area contributed by atoms with E-state index in [0.717, 1.165) is 16.3 Å². The molecule has 0 amide bonds. The quantitative estimate of drug-likeness (QED) is 0.833. The van der Waals surface area contributed by atoms with Crippen LogP contribution in [0.15, 0.2) is 22.7 Å². The molecule has 110 valence electrons. The Balaban J connectivity index is 2.14. The van der Waals surface area contributed by atoms with Crippen LogP contribution in [0.5, 0.6) is 0 Å². The highest BCUT2D eigenvalue weighted by Crippen LogP contribution is 2.16. The Morgan fingerprint density at radius 2 is 2.15 bits per heavy atom. The van der Waals surface area contributed by atoms with Crippen LogP contribution in [-0.2, 0) is 30.2 Å². The number of nitrogens with one attached hydrogen (secondary N) is 2. The number of thiazole rings is 1. The van der Waals surface area contributed by atoms with Crippen LogP contribution in [0.3, 0.4) is 0 Å². The van der Waals surface area contributed by atoms with E-state index in [2.05, 4.69) is 15.0 Å². The topological polar surface area (TPSA) is 76.0 Å². The number of hydrogen-bond donors (Lipinski definition) is 2. The minimum absolute atomic E-state index is 0.273. The Labute approximate surface area is 122 Å². The third-order valence-corrected chi connectivity index (χ3v) is 5.32. The molecule has 0 aliphatic rings. The van der Waals surface area contributed by atoms with Gasteiger partial charge >= 0.3 is 0 Å². The first kappa shape index (κ1) is 15.2. The molecule has 0 radical (unpaired) electrons. The van der Waals surface area contributed by atoms with Crippen LogP contribution in [0.2, 0.25) is 0 Å². The summed E-state index contributed by atoms with van der Waals surface area (Å²) in [5.41, 5.74) is 3.50. The van der Waals surface area contributed by atoms with E-state index in [1.165, 1.54) is 11.3 Å². The number of sulfonamides is 1. The number of aryl methyl sites for hydroxylation is 2. The summed E-state index contributed by atoms with van der Waals surface area (Å²) >= 11 is 1.45. The second-order valence-corrected chi connectivity index (χ2v) is 7.20. The second-order valence-electron chi connectivity index (χ2n) is 4.49. The lowest BCUT2D eigenvalue weighted by molar-refractivity contribution is 0.581. The number of aromatic nitrogens is 2. The van der Waals surface area contributed by atoms with E-state index in [1.807, 2.05) is 25.6 Å². The third-order valence-electron chi connectivity index (χ3n) is 3.02. The van der Waals surface area contributed by atoms with Crippen LogP contribution in [0.4, 0.5) is 0 Å². The molecule has 0 saturated heterocycles. The van der Waals surface area contributed by atoms with Crippen LogP contribution >= 0.6 is 11.3 Å². The van der Waals surface area contributed by atoms with Crippen LogP contribution < -0.4 is 10.0 Å². The van der Waals surface area contributed by atoms with Gasteiger partial charge in [0.25, 0.3) is 0 Å². The van der Waals surface area contributed by atoms with Gasteiger partial charge in [-0.1, -0.05) is 0 Å². The van der Waals surface area contributed by atoms with Crippen molar-refractivity contribution in [3.8, 4) is 0 Å². The van der Waals surface area contributed by atoms with Crippen LogP contribution in [0.25, 0.3) is 0 Å². The van der Waals surface area contributed by atoms with Gasteiger partial charge in [-0.05, 0) is 20.0 Å². The fourth-order valence-electron chi connectivity index (χ4n) is 1.82. The summed E-state index contributed by atoms with van der Waals surface area (Å²) in [6, 6.07) is 1.68. The van der Waals surface area contributed by atoms with Crippen molar-refractivity contribution in [1.82, 2.24) is 19.6 Å². The normalized spacial score (nSPS) is 11.9. The molecule has 20 heavy (non-hydrogen) atoms. The molecule has 2 aromatic rings. The highest BCUT2D eigenvalue weighted by atomic mass is 32.2. The van der Waals surface area contributed by atoms with E-state index in [-0.39, 0.29) is 11.4 Å². The summed E-state index contributed by atoms with van der Waals surface area (Å²) in [4.78, 5) is 5.32. The molecular formula is C12H18N4O2S2. The van der Waals surface area contributed by atoms with Crippen molar-refractivity contribution in [3.63, 3.8) is 0 Å². The smallest absolute Gasteiger partial charge is 0.242 e. The molecule has 0 bridgehead atoms. The zero-order chi connectivity index (χ0) is 14.8. The predicted molar refractivity (Wildman–Crippen MR) is 79.1 cm³/mol. The minimum atomic E-state index is -3.49. The fraction of sp³-hybridized carbons (Fsp3) is 0.417. The predicted octanol–water partition coefficient (Wildman–Crippen LogP) is 0.988. The lowest BCUT2D eigenvalue weighted by Crippen LogP contribution is -2.22. The standard InChI is InChI=1S/C12H18N4O2S2/c1-9-12(19-8-14-9)6-15-20(17,18)11-4-10(5-13-2)16(3)7-11/h4,7-8,13,15H,5-6H2,1-3H3. The van der Waals surface area contributed by atoms with Gasteiger partial charge in [0.15, 0.2) is 0 Å².